The maximum Gasteiger partial charge on any atom is 0.248 e. The first-order chi connectivity index (χ1) is 13.4. The van der Waals surface area contributed by atoms with E-state index in [9.17, 15) is 14.0 Å². The van der Waals surface area contributed by atoms with Crippen molar-refractivity contribution in [1.29, 1.82) is 0 Å². The maximum atomic E-state index is 12.9. The third-order valence-electron chi connectivity index (χ3n) is 4.00. The summed E-state index contributed by atoms with van der Waals surface area (Å²) >= 11 is 1.26. The molecule has 0 radical (unpaired) electrons. The molecule has 0 aliphatic heterocycles. The highest BCUT2D eigenvalue weighted by molar-refractivity contribution is 7.18. The minimum absolute atomic E-state index is 0.0638. The molecule has 1 aromatic heterocycles. The molecule has 0 spiro atoms. The van der Waals surface area contributed by atoms with E-state index in [1.54, 1.807) is 6.92 Å². The van der Waals surface area contributed by atoms with Crippen LogP contribution >= 0.6 is 11.3 Å². The van der Waals surface area contributed by atoms with Crippen molar-refractivity contribution in [1.82, 2.24) is 15.5 Å². The number of nitrogens with zero attached hydrogens (tertiary/aromatic N) is 2. The Bertz CT molecular complexity index is 971. The second-order valence-corrected chi connectivity index (χ2v) is 7.34. The molecule has 0 aliphatic rings. The number of hydrogen-bond acceptors (Lipinski definition) is 5. The highest BCUT2D eigenvalue weighted by Gasteiger charge is 2.18. The Morgan fingerprint density at radius 3 is 2.43 bits per heavy atom. The molecule has 1 unspecified atom stereocenters. The van der Waals surface area contributed by atoms with Gasteiger partial charge in [-0.05, 0) is 31.5 Å². The summed E-state index contributed by atoms with van der Waals surface area (Å²) in [5, 5.41) is 14.4. The monoisotopic (exact) mass is 398 g/mol. The molecule has 3 rings (SSSR count). The van der Waals surface area contributed by atoms with Gasteiger partial charge in [0.25, 0.3) is 0 Å². The molecule has 6 nitrogen and oxygen atoms in total. The SMILES string of the molecule is Cc1ccc(-c2nnc(NC(=O)C(C)NC(=O)Cc3ccc(F)cc3)s2)cc1. The number of anilines is 1. The third kappa shape index (κ3) is 5.20. The average Bonchev–Trinajstić information content (AvgIpc) is 3.12. The van der Waals surface area contributed by atoms with E-state index in [1.807, 2.05) is 31.2 Å². The third-order valence-corrected chi connectivity index (χ3v) is 4.89. The molecule has 28 heavy (non-hydrogen) atoms. The van der Waals surface area contributed by atoms with Crippen molar-refractivity contribution in [3.05, 3.63) is 65.5 Å². The van der Waals surface area contributed by atoms with E-state index >= 15 is 0 Å². The summed E-state index contributed by atoms with van der Waals surface area (Å²) in [6.07, 6.45) is 0.0638. The maximum absolute atomic E-state index is 12.9. The molecule has 0 bridgehead atoms. The van der Waals surface area contributed by atoms with E-state index in [2.05, 4.69) is 20.8 Å². The minimum atomic E-state index is -0.750. The largest absolute Gasteiger partial charge is 0.344 e. The predicted octanol–water partition coefficient (Wildman–Crippen LogP) is 3.34. The van der Waals surface area contributed by atoms with Crippen molar-refractivity contribution < 1.29 is 14.0 Å². The molecular weight excluding hydrogens is 379 g/mol. The lowest BCUT2D eigenvalue weighted by molar-refractivity contribution is -0.125. The van der Waals surface area contributed by atoms with E-state index < -0.39 is 6.04 Å². The first-order valence-corrected chi connectivity index (χ1v) is 9.47. The Kier molecular flexibility index (Phi) is 6.10. The lowest BCUT2D eigenvalue weighted by atomic mass is 10.1. The van der Waals surface area contributed by atoms with Crippen molar-refractivity contribution in [3.63, 3.8) is 0 Å². The highest BCUT2D eigenvalue weighted by atomic mass is 32.1. The van der Waals surface area contributed by atoms with Gasteiger partial charge in [0.2, 0.25) is 16.9 Å². The van der Waals surface area contributed by atoms with Gasteiger partial charge in [0.1, 0.15) is 16.9 Å². The van der Waals surface area contributed by atoms with Gasteiger partial charge in [-0.2, -0.15) is 0 Å². The zero-order valence-electron chi connectivity index (χ0n) is 15.4. The molecular formula is C20H19FN4O2S. The fourth-order valence-electron chi connectivity index (χ4n) is 2.45. The Hall–Kier alpha value is -3.13. The van der Waals surface area contributed by atoms with Crippen molar-refractivity contribution in [2.45, 2.75) is 26.3 Å². The van der Waals surface area contributed by atoms with Crippen LogP contribution in [0, 0.1) is 12.7 Å². The van der Waals surface area contributed by atoms with Gasteiger partial charge in [-0.3, -0.25) is 14.9 Å². The number of amides is 2. The number of nitrogens with one attached hydrogen (secondary N) is 2. The van der Waals surface area contributed by atoms with Crippen LogP contribution < -0.4 is 10.6 Å². The summed E-state index contributed by atoms with van der Waals surface area (Å²) in [4.78, 5) is 24.4. The summed E-state index contributed by atoms with van der Waals surface area (Å²) in [7, 11) is 0. The van der Waals surface area contributed by atoms with Crippen molar-refractivity contribution in [2.75, 3.05) is 5.32 Å². The lowest BCUT2D eigenvalue weighted by Gasteiger charge is -2.12. The van der Waals surface area contributed by atoms with Gasteiger partial charge in [-0.15, -0.1) is 10.2 Å². The normalized spacial score (nSPS) is 11.7. The van der Waals surface area contributed by atoms with Crippen LogP contribution in [0.5, 0.6) is 0 Å². The van der Waals surface area contributed by atoms with Gasteiger partial charge >= 0.3 is 0 Å². The summed E-state index contributed by atoms with van der Waals surface area (Å²) in [6.45, 7) is 3.58. The topological polar surface area (TPSA) is 84.0 Å². The second kappa shape index (κ2) is 8.71. The molecule has 0 aliphatic carbocycles. The molecule has 0 saturated carbocycles. The fourth-order valence-corrected chi connectivity index (χ4v) is 3.20. The van der Waals surface area contributed by atoms with Crippen molar-refractivity contribution >= 4 is 28.3 Å². The number of aryl methyl sites for hydroxylation is 1. The van der Waals surface area contributed by atoms with Crippen molar-refractivity contribution in [2.24, 2.45) is 0 Å². The van der Waals surface area contributed by atoms with Crippen LogP contribution in [0.15, 0.2) is 48.5 Å². The Morgan fingerprint density at radius 1 is 1.07 bits per heavy atom. The zero-order valence-corrected chi connectivity index (χ0v) is 16.2. The van der Waals surface area contributed by atoms with E-state index in [4.69, 9.17) is 0 Å². The molecule has 1 heterocycles. The highest BCUT2D eigenvalue weighted by Crippen LogP contribution is 2.26. The lowest BCUT2D eigenvalue weighted by Crippen LogP contribution is -2.42. The Morgan fingerprint density at radius 2 is 1.75 bits per heavy atom. The number of hydrogen-bond donors (Lipinski definition) is 2. The summed E-state index contributed by atoms with van der Waals surface area (Å²) < 4.78 is 12.9. The fraction of sp³-hybridized carbons (Fsp3) is 0.200. The van der Waals surface area contributed by atoms with Gasteiger partial charge in [-0.1, -0.05) is 53.3 Å². The van der Waals surface area contributed by atoms with Gasteiger partial charge in [0.15, 0.2) is 0 Å². The molecule has 2 N–H and O–H groups in total. The summed E-state index contributed by atoms with van der Waals surface area (Å²) in [5.41, 5.74) is 2.73. The molecule has 2 amide bonds. The van der Waals surface area contributed by atoms with E-state index in [0.717, 1.165) is 11.1 Å². The predicted molar refractivity (Wildman–Crippen MR) is 106 cm³/mol. The van der Waals surface area contributed by atoms with Gasteiger partial charge in [-0.25, -0.2) is 4.39 Å². The Labute approximate surface area is 165 Å². The average molecular weight is 398 g/mol. The summed E-state index contributed by atoms with van der Waals surface area (Å²) in [5.74, 6) is -1.08. The quantitative estimate of drug-likeness (QED) is 0.667. The standard InChI is InChI=1S/C20H19FN4O2S/c1-12-3-7-15(8-4-12)19-24-25-20(28-19)23-18(27)13(2)22-17(26)11-14-5-9-16(21)10-6-14/h3-10,13H,11H2,1-2H3,(H,22,26)(H,23,25,27). The first kappa shape index (κ1) is 19.6. The van der Waals surface area contributed by atoms with Crippen LogP contribution in [0.1, 0.15) is 18.1 Å². The number of carbonyl (C=O) groups excluding carboxylic acids is 2. The molecule has 8 heteroatoms. The van der Waals surface area contributed by atoms with Gasteiger partial charge < -0.3 is 5.32 Å². The zero-order chi connectivity index (χ0) is 20.1. The van der Waals surface area contributed by atoms with Crippen LogP contribution in [0.3, 0.4) is 0 Å². The van der Waals surface area contributed by atoms with Crippen molar-refractivity contribution in [3.8, 4) is 10.6 Å². The summed E-state index contributed by atoms with van der Waals surface area (Å²) in [6, 6.07) is 12.8. The van der Waals surface area contributed by atoms with Gasteiger partial charge in [0.05, 0.1) is 6.42 Å². The number of aromatic nitrogens is 2. The number of benzene rings is 2. The number of halogens is 1. The van der Waals surface area contributed by atoms with E-state index in [-0.39, 0.29) is 24.1 Å². The second-order valence-electron chi connectivity index (χ2n) is 6.36. The Balaban J connectivity index is 1.54. The molecule has 1 atom stereocenters. The van der Waals surface area contributed by atoms with E-state index in [1.165, 1.54) is 35.6 Å². The molecule has 0 saturated heterocycles. The van der Waals surface area contributed by atoms with E-state index in [0.29, 0.717) is 15.7 Å². The molecule has 3 aromatic rings. The number of carbonyl (C=O) groups is 2. The first-order valence-electron chi connectivity index (χ1n) is 8.66. The number of rotatable bonds is 6. The smallest absolute Gasteiger partial charge is 0.248 e. The van der Waals surface area contributed by atoms with Crippen LogP contribution in [-0.2, 0) is 16.0 Å². The van der Waals surface area contributed by atoms with Crippen LogP contribution in [0.25, 0.3) is 10.6 Å². The molecule has 2 aromatic carbocycles. The molecule has 0 fully saturated rings. The van der Waals surface area contributed by atoms with Crippen LogP contribution in [0.4, 0.5) is 9.52 Å². The van der Waals surface area contributed by atoms with Gasteiger partial charge in [0, 0.05) is 5.56 Å². The molecule has 144 valence electrons. The van der Waals surface area contributed by atoms with Crippen LogP contribution in [-0.4, -0.2) is 28.1 Å². The van der Waals surface area contributed by atoms with Crippen LogP contribution in [0.2, 0.25) is 0 Å². The minimum Gasteiger partial charge on any atom is -0.344 e.